The first-order valence-electron chi connectivity index (χ1n) is 6.98. The van der Waals surface area contributed by atoms with Crippen LogP contribution in [0.2, 0.25) is 0 Å². The Morgan fingerprint density at radius 3 is 2.43 bits per heavy atom. The van der Waals surface area contributed by atoms with Crippen molar-refractivity contribution in [3.8, 4) is 0 Å². The number of anilines is 1. The number of nitrogens with one attached hydrogen (secondary N) is 1. The van der Waals surface area contributed by atoms with Gasteiger partial charge in [-0.3, -0.25) is 14.5 Å². The summed E-state index contributed by atoms with van der Waals surface area (Å²) in [4.78, 5) is 27.1. The first kappa shape index (κ1) is 17.1. The summed E-state index contributed by atoms with van der Waals surface area (Å²) in [5.74, 6) is -0.170. The highest BCUT2D eigenvalue weighted by molar-refractivity contribution is 5.93. The minimum Gasteiger partial charge on any atom is -0.348 e. The van der Waals surface area contributed by atoms with Crippen LogP contribution in [-0.2, 0) is 16.1 Å². The molecule has 1 aromatic rings. The second-order valence-electron chi connectivity index (χ2n) is 5.00. The minimum absolute atomic E-state index is 0.0213. The Balaban J connectivity index is 2.60. The van der Waals surface area contributed by atoms with E-state index in [4.69, 9.17) is 5.73 Å². The van der Waals surface area contributed by atoms with Gasteiger partial charge >= 0.3 is 0 Å². The third-order valence-corrected chi connectivity index (χ3v) is 3.18. The second-order valence-corrected chi connectivity index (χ2v) is 5.00. The van der Waals surface area contributed by atoms with Crippen molar-refractivity contribution in [2.24, 2.45) is 5.73 Å². The molecule has 6 nitrogen and oxygen atoms in total. The quantitative estimate of drug-likeness (QED) is 0.767. The van der Waals surface area contributed by atoms with Crippen LogP contribution in [0.25, 0.3) is 0 Å². The van der Waals surface area contributed by atoms with Gasteiger partial charge in [0.2, 0.25) is 11.8 Å². The van der Waals surface area contributed by atoms with Crippen LogP contribution in [0.15, 0.2) is 24.3 Å². The molecule has 0 saturated carbocycles. The summed E-state index contributed by atoms with van der Waals surface area (Å²) in [5.41, 5.74) is 7.25. The van der Waals surface area contributed by atoms with Gasteiger partial charge in [-0.1, -0.05) is 25.1 Å². The SMILES string of the molecule is CCN(CC(=O)Nc1ccccc1CN)CC(=O)N(C)C. The van der Waals surface area contributed by atoms with Gasteiger partial charge in [-0.15, -0.1) is 0 Å². The largest absolute Gasteiger partial charge is 0.348 e. The molecule has 0 aromatic heterocycles. The highest BCUT2D eigenvalue weighted by atomic mass is 16.2. The van der Waals surface area contributed by atoms with Gasteiger partial charge in [-0.25, -0.2) is 0 Å². The molecule has 0 unspecified atom stereocenters. The topological polar surface area (TPSA) is 78.7 Å². The smallest absolute Gasteiger partial charge is 0.238 e. The molecule has 0 aliphatic carbocycles. The molecule has 0 spiro atoms. The maximum absolute atomic E-state index is 12.1. The van der Waals surface area contributed by atoms with Gasteiger partial charge in [0.05, 0.1) is 13.1 Å². The molecule has 21 heavy (non-hydrogen) atoms. The van der Waals surface area contributed by atoms with Crippen LogP contribution in [-0.4, -0.2) is 55.3 Å². The fourth-order valence-electron chi connectivity index (χ4n) is 1.83. The van der Waals surface area contributed by atoms with E-state index in [-0.39, 0.29) is 24.9 Å². The van der Waals surface area contributed by atoms with Gasteiger partial charge in [-0.2, -0.15) is 0 Å². The zero-order valence-electron chi connectivity index (χ0n) is 12.9. The van der Waals surface area contributed by atoms with Crippen LogP contribution in [0.4, 0.5) is 5.69 Å². The molecule has 0 atom stereocenters. The maximum Gasteiger partial charge on any atom is 0.238 e. The summed E-state index contributed by atoms with van der Waals surface area (Å²) >= 11 is 0. The third kappa shape index (κ3) is 5.53. The van der Waals surface area contributed by atoms with E-state index in [1.54, 1.807) is 19.0 Å². The van der Waals surface area contributed by atoms with Crippen molar-refractivity contribution in [1.29, 1.82) is 0 Å². The van der Waals surface area contributed by atoms with Crippen LogP contribution in [0.3, 0.4) is 0 Å². The number of likely N-dealkylation sites (N-methyl/N-ethyl adjacent to an activating group) is 2. The Hall–Kier alpha value is -1.92. The number of rotatable bonds is 7. The number of hydrogen-bond donors (Lipinski definition) is 2. The van der Waals surface area contributed by atoms with Crippen LogP contribution < -0.4 is 11.1 Å². The van der Waals surface area contributed by atoms with Gasteiger partial charge in [0.1, 0.15) is 0 Å². The lowest BCUT2D eigenvalue weighted by Crippen LogP contribution is -2.40. The average molecular weight is 292 g/mol. The highest BCUT2D eigenvalue weighted by Crippen LogP contribution is 2.13. The summed E-state index contributed by atoms with van der Waals surface area (Å²) in [5, 5.41) is 2.84. The number of amides is 2. The predicted molar refractivity (Wildman–Crippen MR) is 83.8 cm³/mol. The highest BCUT2D eigenvalue weighted by Gasteiger charge is 2.14. The first-order chi connectivity index (χ1) is 9.97. The minimum atomic E-state index is -0.149. The van der Waals surface area contributed by atoms with Gasteiger partial charge in [0, 0.05) is 26.3 Å². The zero-order chi connectivity index (χ0) is 15.8. The average Bonchev–Trinajstić information content (AvgIpc) is 2.46. The van der Waals surface area contributed by atoms with E-state index in [0.717, 1.165) is 11.3 Å². The lowest BCUT2D eigenvalue weighted by molar-refractivity contribution is -0.130. The molecule has 0 bridgehead atoms. The molecule has 0 aliphatic rings. The van der Waals surface area contributed by atoms with Crippen molar-refractivity contribution >= 4 is 17.5 Å². The van der Waals surface area contributed by atoms with Crippen molar-refractivity contribution in [1.82, 2.24) is 9.80 Å². The van der Waals surface area contributed by atoms with E-state index in [0.29, 0.717) is 13.1 Å². The molecule has 0 radical (unpaired) electrons. The van der Waals surface area contributed by atoms with Gasteiger partial charge in [-0.05, 0) is 18.2 Å². The Bertz CT molecular complexity index is 488. The van der Waals surface area contributed by atoms with E-state index < -0.39 is 0 Å². The maximum atomic E-state index is 12.1. The number of hydrogen-bond acceptors (Lipinski definition) is 4. The third-order valence-electron chi connectivity index (χ3n) is 3.18. The second kappa shape index (κ2) is 8.39. The van der Waals surface area contributed by atoms with Crippen molar-refractivity contribution < 1.29 is 9.59 Å². The van der Waals surface area contributed by atoms with Crippen molar-refractivity contribution in [3.63, 3.8) is 0 Å². The summed E-state index contributed by atoms with van der Waals surface area (Å²) in [6, 6.07) is 7.43. The standard InChI is InChI=1S/C15H24N4O2/c1-4-19(11-15(21)18(2)3)10-14(20)17-13-8-6-5-7-12(13)9-16/h5-8H,4,9-11,16H2,1-3H3,(H,17,20). The molecule has 0 aliphatic heterocycles. The molecular formula is C15H24N4O2. The number of carbonyl (C=O) groups is 2. The van der Waals surface area contributed by atoms with Crippen molar-refractivity contribution in [3.05, 3.63) is 29.8 Å². The van der Waals surface area contributed by atoms with Crippen LogP contribution in [0.5, 0.6) is 0 Å². The van der Waals surface area contributed by atoms with E-state index in [2.05, 4.69) is 5.32 Å². The Labute approximate surface area is 125 Å². The summed E-state index contributed by atoms with van der Waals surface area (Å²) in [6.45, 7) is 3.33. The summed E-state index contributed by atoms with van der Waals surface area (Å²) < 4.78 is 0. The van der Waals surface area contributed by atoms with Crippen molar-refractivity contribution in [2.45, 2.75) is 13.5 Å². The van der Waals surface area contributed by atoms with Gasteiger partial charge in [0.25, 0.3) is 0 Å². The number of nitrogens with two attached hydrogens (primary N) is 1. The van der Waals surface area contributed by atoms with Gasteiger partial charge < -0.3 is 16.0 Å². The predicted octanol–water partition coefficient (Wildman–Crippen LogP) is 0.494. The zero-order valence-corrected chi connectivity index (χ0v) is 12.9. The first-order valence-corrected chi connectivity index (χ1v) is 6.98. The summed E-state index contributed by atoms with van der Waals surface area (Å²) in [6.07, 6.45) is 0. The lowest BCUT2D eigenvalue weighted by Gasteiger charge is -2.21. The molecule has 116 valence electrons. The number of para-hydroxylation sites is 1. The van der Waals surface area contributed by atoms with Crippen LogP contribution in [0.1, 0.15) is 12.5 Å². The normalized spacial score (nSPS) is 10.5. The molecule has 0 fully saturated rings. The number of carbonyl (C=O) groups excluding carboxylic acids is 2. The molecule has 3 N–H and O–H groups in total. The molecular weight excluding hydrogens is 268 g/mol. The van der Waals surface area contributed by atoms with E-state index >= 15 is 0 Å². The fourth-order valence-corrected chi connectivity index (χ4v) is 1.83. The Kier molecular flexibility index (Phi) is 6.84. The molecule has 0 saturated heterocycles. The van der Waals surface area contributed by atoms with Gasteiger partial charge in [0.15, 0.2) is 0 Å². The van der Waals surface area contributed by atoms with Crippen LogP contribution >= 0.6 is 0 Å². The molecule has 6 heteroatoms. The van der Waals surface area contributed by atoms with E-state index in [9.17, 15) is 9.59 Å². The molecule has 1 rings (SSSR count). The lowest BCUT2D eigenvalue weighted by atomic mass is 10.2. The monoisotopic (exact) mass is 292 g/mol. The van der Waals surface area contributed by atoms with Crippen molar-refractivity contribution in [2.75, 3.05) is 39.0 Å². The molecule has 2 amide bonds. The number of nitrogens with zero attached hydrogens (tertiary/aromatic N) is 2. The Morgan fingerprint density at radius 1 is 1.19 bits per heavy atom. The summed E-state index contributed by atoms with van der Waals surface area (Å²) in [7, 11) is 3.40. The Morgan fingerprint density at radius 2 is 1.86 bits per heavy atom. The van der Waals surface area contributed by atoms with E-state index in [1.807, 2.05) is 31.2 Å². The molecule has 0 heterocycles. The number of benzene rings is 1. The fraction of sp³-hybridized carbons (Fsp3) is 0.467. The molecule has 1 aromatic carbocycles. The van der Waals surface area contributed by atoms with E-state index in [1.165, 1.54) is 4.90 Å². The van der Waals surface area contributed by atoms with Crippen LogP contribution in [0, 0.1) is 0 Å².